The average Bonchev–Trinajstić information content (AvgIpc) is 2.55. The van der Waals surface area contributed by atoms with E-state index in [0.29, 0.717) is 17.8 Å². The number of aliphatic hydroxyl groups is 1. The normalized spacial score (nSPS) is 34.2. The number of hydrogen-bond donors (Lipinski definition) is 1. The summed E-state index contributed by atoms with van der Waals surface area (Å²) in [5.41, 5.74) is 3.93. The second kappa shape index (κ2) is 4.58. The first-order valence-electron chi connectivity index (χ1n) is 6.26. The van der Waals surface area contributed by atoms with Crippen LogP contribution < -0.4 is 0 Å². The Labute approximate surface area is 98.6 Å². The van der Waals surface area contributed by atoms with E-state index in [9.17, 15) is 5.11 Å². The topological polar surface area (TPSA) is 20.2 Å². The molecule has 88 valence electrons. The van der Waals surface area contributed by atoms with Gasteiger partial charge in [-0.3, -0.25) is 0 Å². The summed E-state index contributed by atoms with van der Waals surface area (Å²) in [6, 6.07) is 0. The van der Waals surface area contributed by atoms with Gasteiger partial charge in [0, 0.05) is 0 Å². The molecule has 0 aliphatic heterocycles. The van der Waals surface area contributed by atoms with Crippen LogP contribution in [0.3, 0.4) is 0 Å². The van der Waals surface area contributed by atoms with Crippen molar-refractivity contribution in [2.75, 3.05) is 6.61 Å². The zero-order chi connectivity index (χ0) is 11.7. The van der Waals surface area contributed by atoms with E-state index in [1.165, 1.54) is 17.6 Å². The quantitative estimate of drug-likeness (QED) is 0.704. The Hall–Kier alpha value is -0.820. The van der Waals surface area contributed by atoms with Gasteiger partial charge < -0.3 is 5.11 Å². The van der Waals surface area contributed by atoms with Gasteiger partial charge in [0.1, 0.15) is 0 Å². The molecule has 1 heteroatoms. The van der Waals surface area contributed by atoms with Gasteiger partial charge >= 0.3 is 0 Å². The minimum atomic E-state index is 0.136. The summed E-state index contributed by atoms with van der Waals surface area (Å²) in [6.45, 7) is 10.6. The zero-order valence-electron chi connectivity index (χ0n) is 10.2. The van der Waals surface area contributed by atoms with Crippen LogP contribution >= 0.6 is 0 Å². The van der Waals surface area contributed by atoms with Gasteiger partial charge in [-0.2, -0.15) is 0 Å². The fourth-order valence-electron chi connectivity index (χ4n) is 3.22. The molecular weight excluding hydrogens is 196 g/mol. The smallest absolute Gasteiger partial charge is 0.0641 e. The van der Waals surface area contributed by atoms with E-state index >= 15 is 0 Å². The molecule has 1 N–H and O–H groups in total. The Kier molecular flexibility index (Phi) is 3.34. The maximum Gasteiger partial charge on any atom is 0.0641 e. The third-order valence-corrected chi connectivity index (χ3v) is 4.42. The lowest BCUT2D eigenvalue weighted by Crippen LogP contribution is -2.14. The van der Waals surface area contributed by atoms with E-state index in [2.05, 4.69) is 26.2 Å². The molecule has 1 saturated carbocycles. The molecular formula is C15H22O. The van der Waals surface area contributed by atoms with Gasteiger partial charge in [0.2, 0.25) is 0 Å². The highest BCUT2D eigenvalue weighted by Gasteiger charge is 2.34. The van der Waals surface area contributed by atoms with Gasteiger partial charge in [-0.05, 0) is 55.9 Å². The highest BCUT2D eigenvalue weighted by Crippen LogP contribution is 2.46. The molecule has 16 heavy (non-hydrogen) atoms. The first-order chi connectivity index (χ1) is 7.63. The molecule has 0 aromatic carbocycles. The molecule has 0 saturated heterocycles. The zero-order valence-corrected chi connectivity index (χ0v) is 10.2. The Bertz CT molecular complexity index is 337. The van der Waals surface area contributed by atoms with Crippen LogP contribution in [0.15, 0.2) is 36.0 Å². The molecule has 2 rings (SSSR count). The van der Waals surface area contributed by atoms with Crippen LogP contribution in [0.25, 0.3) is 0 Å². The molecule has 0 aromatic heterocycles. The summed E-state index contributed by atoms with van der Waals surface area (Å²) in [5, 5.41) is 9.21. The van der Waals surface area contributed by atoms with Crippen LogP contribution in [0.5, 0.6) is 0 Å². The van der Waals surface area contributed by atoms with E-state index in [0.717, 1.165) is 24.8 Å². The molecule has 0 aromatic rings. The van der Waals surface area contributed by atoms with Gasteiger partial charge in [0.25, 0.3) is 0 Å². The van der Waals surface area contributed by atoms with Crippen LogP contribution in [0, 0.1) is 17.8 Å². The van der Waals surface area contributed by atoms with Crippen molar-refractivity contribution in [2.45, 2.75) is 32.6 Å². The summed E-state index contributed by atoms with van der Waals surface area (Å²) in [7, 11) is 0. The second-order valence-electron chi connectivity index (χ2n) is 5.34. The van der Waals surface area contributed by atoms with Crippen molar-refractivity contribution >= 4 is 0 Å². The van der Waals surface area contributed by atoms with E-state index in [4.69, 9.17) is 0 Å². The van der Waals surface area contributed by atoms with Gasteiger partial charge in [-0.25, -0.2) is 0 Å². The summed E-state index contributed by atoms with van der Waals surface area (Å²) < 4.78 is 0. The number of rotatable bonds is 2. The first-order valence-corrected chi connectivity index (χ1v) is 6.26. The van der Waals surface area contributed by atoms with E-state index in [1.807, 2.05) is 0 Å². The minimum absolute atomic E-state index is 0.136. The number of hydrogen-bond acceptors (Lipinski definition) is 1. The first kappa shape index (κ1) is 11.7. The van der Waals surface area contributed by atoms with Crippen molar-refractivity contribution in [2.24, 2.45) is 17.8 Å². The van der Waals surface area contributed by atoms with E-state index in [1.54, 1.807) is 0 Å². The molecule has 0 radical (unpaired) electrons. The van der Waals surface area contributed by atoms with Crippen LogP contribution in [0.4, 0.5) is 0 Å². The lowest BCUT2D eigenvalue weighted by Gasteiger charge is -2.23. The molecule has 0 spiro atoms. The monoisotopic (exact) mass is 218 g/mol. The maximum absolute atomic E-state index is 9.21. The molecule has 1 nitrogen and oxygen atoms in total. The molecule has 3 unspecified atom stereocenters. The fourth-order valence-corrected chi connectivity index (χ4v) is 3.22. The number of fused-ring (bicyclic) bond motifs is 1. The number of aliphatic hydroxyl groups excluding tert-OH is 1. The van der Waals surface area contributed by atoms with Gasteiger partial charge in [-0.1, -0.05) is 30.4 Å². The summed E-state index contributed by atoms with van der Waals surface area (Å²) in [4.78, 5) is 0. The average molecular weight is 218 g/mol. The Morgan fingerprint density at radius 2 is 2.25 bits per heavy atom. The molecule has 1 fully saturated rings. The molecule has 0 heterocycles. The molecule has 0 amide bonds. The van der Waals surface area contributed by atoms with Gasteiger partial charge in [0.15, 0.2) is 0 Å². The van der Waals surface area contributed by atoms with Crippen LogP contribution in [-0.4, -0.2) is 11.7 Å². The van der Waals surface area contributed by atoms with Crippen LogP contribution in [0.2, 0.25) is 0 Å². The van der Waals surface area contributed by atoms with Crippen molar-refractivity contribution in [3.05, 3.63) is 36.0 Å². The molecule has 2 aliphatic rings. The summed E-state index contributed by atoms with van der Waals surface area (Å²) >= 11 is 0. The third-order valence-electron chi connectivity index (χ3n) is 4.42. The van der Waals surface area contributed by atoms with Gasteiger partial charge in [0.05, 0.1) is 6.61 Å². The molecule has 3 atom stereocenters. The third kappa shape index (κ3) is 2.01. The van der Waals surface area contributed by atoms with Crippen LogP contribution in [0.1, 0.15) is 32.6 Å². The second-order valence-corrected chi connectivity index (χ2v) is 5.34. The SMILES string of the molecule is C=C(CO)C1CCC(=C)C2CC=C(C)C2C1. The van der Waals surface area contributed by atoms with Crippen molar-refractivity contribution in [1.82, 2.24) is 0 Å². The highest BCUT2D eigenvalue weighted by atomic mass is 16.3. The van der Waals surface area contributed by atoms with Crippen molar-refractivity contribution in [3.63, 3.8) is 0 Å². The minimum Gasteiger partial charge on any atom is -0.392 e. The largest absolute Gasteiger partial charge is 0.392 e. The predicted molar refractivity (Wildman–Crippen MR) is 68.1 cm³/mol. The van der Waals surface area contributed by atoms with Crippen molar-refractivity contribution < 1.29 is 5.11 Å². The lowest BCUT2D eigenvalue weighted by molar-refractivity contribution is 0.300. The van der Waals surface area contributed by atoms with E-state index in [-0.39, 0.29) is 6.61 Å². The highest BCUT2D eigenvalue weighted by molar-refractivity contribution is 5.24. The fraction of sp³-hybridized carbons (Fsp3) is 0.600. The summed E-state index contributed by atoms with van der Waals surface area (Å²) in [5.74, 6) is 1.80. The Balaban J connectivity index is 2.16. The Morgan fingerprint density at radius 1 is 1.50 bits per heavy atom. The summed E-state index contributed by atoms with van der Waals surface area (Å²) in [6.07, 6.45) is 6.92. The number of allylic oxidation sites excluding steroid dienone is 3. The Morgan fingerprint density at radius 3 is 2.94 bits per heavy atom. The maximum atomic E-state index is 9.21. The lowest BCUT2D eigenvalue weighted by atomic mass is 9.82. The van der Waals surface area contributed by atoms with Crippen LogP contribution in [-0.2, 0) is 0 Å². The van der Waals surface area contributed by atoms with E-state index < -0.39 is 0 Å². The van der Waals surface area contributed by atoms with Crippen molar-refractivity contribution in [1.29, 1.82) is 0 Å². The van der Waals surface area contributed by atoms with Crippen molar-refractivity contribution in [3.8, 4) is 0 Å². The van der Waals surface area contributed by atoms with Gasteiger partial charge in [-0.15, -0.1) is 0 Å². The predicted octanol–water partition coefficient (Wildman–Crippen LogP) is 3.47. The molecule has 0 bridgehead atoms. The molecule has 2 aliphatic carbocycles. The standard InChI is InChI=1S/C15H22O/c1-10-4-6-13(12(3)9-16)8-15-11(2)5-7-14(10)15/h5,13-16H,1,3-4,6-9H2,2H3.